The molecule has 40 heavy (non-hydrogen) atoms. The zero-order valence-electron chi connectivity index (χ0n) is 24.1. The molecule has 10 atom stereocenters. The van der Waals surface area contributed by atoms with Crippen LogP contribution in [0.4, 0.5) is 4.39 Å². The number of amides is 1. The molecule has 0 radical (unpaired) electrons. The van der Waals surface area contributed by atoms with Gasteiger partial charge in [-0.2, -0.15) is 0 Å². The van der Waals surface area contributed by atoms with Crippen molar-refractivity contribution in [2.24, 2.45) is 23.5 Å². The number of ketones is 1. The summed E-state index contributed by atoms with van der Waals surface area (Å²) in [4.78, 5) is 31.7. The lowest BCUT2D eigenvalue weighted by atomic mass is 9.64. The first-order chi connectivity index (χ1) is 19.5. The number of hydrogen-bond acceptors (Lipinski definition) is 7. The van der Waals surface area contributed by atoms with Crippen molar-refractivity contribution < 1.29 is 23.5 Å². The minimum Gasteiger partial charge on any atom is -0.381 e. The summed E-state index contributed by atoms with van der Waals surface area (Å²) in [5.41, 5.74) is 6.43. The monoisotopic (exact) mass is 560 g/mol. The Bertz CT molecular complexity index is 964. The number of Topliss-reactive ketones (excluding diaryl/α,β-unsaturated/α-hetero) is 1. The second kappa shape index (κ2) is 12.4. The van der Waals surface area contributed by atoms with E-state index in [0.717, 1.165) is 45.3 Å². The summed E-state index contributed by atoms with van der Waals surface area (Å²) in [5.74, 6) is 0.181. The van der Waals surface area contributed by atoms with Gasteiger partial charge in [-0.1, -0.05) is 39.0 Å². The number of carbonyl (C=O) groups excluding carboxylic acids is 2. The number of unbranched alkanes of at least 4 members (excludes halogenated alkanes) is 1. The van der Waals surface area contributed by atoms with E-state index in [9.17, 15) is 9.59 Å². The summed E-state index contributed by atoms with van der Waals surface area (Å²) in [6, 6.07) is -0.447. The summed E-state index contributed by atoms with van der Waals surface area (Å²) in [6.07, 6.45) is 11.1. The van der Waals surface area contributed by atoms with Crippen LogP contribution in [0.25, 0.3) is 0 Å². The molecule has 2 saturated heterocycles. The lowest BCUT2D eigenvalue weighted by molar-refractivity contribution is -0.219. The van der Waals surface area contributed by atoms with Crippen molar-refractivity contribution in [2.45, 2.75) is 120 Å². The molecule has 224 valence electrons. The molecule has 6 rings (SSSR count). The Morgan fingerprint density at radius 3 is 2.65 bits per heavy atom. The molecule has 3 saturated carbocycles. The van der Waals surface area contributed by atoms with Gasteiger partial charge < -0.3 is 25.4 Å². The van der Waals surface area contributed by atoms with Crippen LogP contribution in [0.2, 0.25) is 0 Å². The summed E-state index contributed by atoms with van der Waals surface area (Å²) in [5, 5.41) is 2.95. The number of nitrogens with one attached hydrogen (secondary N) is 1. The molecule has 8 nitrogen and oxygen atoms in total. The number of morpholine rings is 1. The molecule has 3 aliphatic carbocycles. The Morgan fingerprint density at radius 2 is 1.90 bits per heavy atom. The molecule has 1 amide bonds. The van der Waals surface area contributed by atoms with Crippen LogP contribution >= 0.6 is 0 Å². The average molecular weight is 561 g/mol. The predicted molar refractivity (Wildman–Crippen MR) is 150 cm³/mol. The third kappa shape index (κ3) is 5.48. The van der Waals surface area contributed by atoms with E-state index in [1.54, 1.807) is 0 Å². The van der Waals surface area contributed by atoms with E-state index in [2.05, 4.69) is 22.0 Å². The Hall–Kier alpha value is -1.55. The highest BCUT2D eigenvalue weighted by atomic mass is 19.1. The van der Waals surface area contributed by atoms with Crippen molar-refractivity contribution in [1.29, 1.82) is 0 Å². The number of alkyl halides is 1. The molecule has 5 fully saturated rings. The van der Waals surface area contributed by atoms with Crippen LogP contribution in [0.1, 0.15) is 77.6 Å². The van der Waals surface area contributed by atoms with Crippen molar-refractivity contribution in [3.05, 3.63) is 11.8 Å². The van der Waals surface area contributed by atoms with E-state index in [-0.39, 0.29) is 47.9 Å². The van der Waals surface area contributed by atoms with Gasteiger partial charge in [0.15, 0.2) is 5.78 Å². The summed E-state index contributed by atoms with van der Waals surface area (Å²) >= 11 is 0. The molecule has 6 aliphatic rings. The number of nitrogens with zero attached hydrogens (tertiary/aromatic N) is 2. The van der Waals surface area contributed by atoms with Crippen LogP contribution < -0.4 is 11.1 Å². The van der Waals surface area contributed by atoms with E-state index in [1.807, 2.05) is 6.20 Å². The molecule has 0 aromatic rings. The minimum atomic E-state index is -1.19. The van der Waals surface area contributed by atoms with Crippen molar-refractivity contribution in [1.82, 2.24) is 15.1 Å². The molecular weight excluding hydrogens is 511 g/mol. The number of nitrogens with two attached hydrogens (primary N) is 1. The first-order valence-electron chi connectivity index (χ1n) is 16.1. The standard InChI is InChI=1S/C31H49FN4O4/c1-2-3-12-39-13-6-10-34-31(38)23-18-36-25-14-19-7-4-5-8-20(19)15-26(25)40-30-27(36)22(29(23)37)16-24(32)28(30)35-11-9-21(33)17-35/h18-22,24-28,30H,2-17,33H2,1H3,(H,34,38). The number of ether oxygens (including phenoxy) is 2. The van der Waals surface area contributed by atoms with Gasteiger partial charge in [0.25, 0.3) is 5.91 Å². The van der Waals surface area contributed by atoms with Crippen molar-refractivity contribution in [2.75, 3.05) is 32.8 Å². The van der Waals surface area contributed by atoms with Crippen LogP contribution in [0, 0.1) is 17.8 Å². The molecular formula is C31H49FN4O4. The van der Waals surface area contributed by atoms with Gasteiger partial charge in [-0.3, -0.25) is 14.5 Å². The van der Waals surface area contributed by atoms with Crippen LogP contribution in [0.3, 0.4) is 0 Å². The second-order valence-electron chi connectivity index (χ2n) is 13.3. The summed E-state index contributed by atoms with van der Waals surface area (Å²) in [7, 11) is 0. The zero-order chi connectivity index (χ0) is 27.8. The first kappa shape index (κ1) is 28.6. The van der Waals surface area contributed by atoms with Crippen LogP contribution in [0.15, 0.2) is 11.8 Å². The number of carbonyl (C=O) groups is 2. The van der Waals surface area contributed by atoms with Gasteiger partial charge in [-0.15, -0.1) is 0 Å². The largest absolute Gasteiger partial charge is 0.381 e. The number of likely N-dealkylation sites (tertiary alicyclic amines) is 1. The SMILES string of the molecule is CCCCOCCCNC(=O)C1=CN2C3CC4CCCCC4CC3OC3C(N4CCC(N)C4)C(F)CC(C1=O)C32. The first-order valence-corrected chi connectivity index (χ1v) is 16.1. The molecule has 3 aliphatic heterocycles. The molecule has 10 unspecified atom stereocenters. The minimum absolute atomic E-state index is 0.000593. The van der Waals surface area contributed by atoms with Crippen LogP contribution in [-0.4, -0.2) is 96.9 Å². The molecule has 0 spiro atoms. The lowest BCUT2D eigenvalue weighted by Gasteiger charge is -2.61. The highest BCUT2D eigenvalue weighted by Crippen LogP contribution is 2.50. The highest BCUT2D eigenvalue weighted by Gasteiger charge is 2.60. The van der Waals surface area contributed by atoms with E-state index >= 15 is 4.39 Å². The predicted octanol–water partition coefficient (Wildman–Crippen LogP) is 2.94. The van der Waals surface area contributed by atoms with E-state index in [4.69, 9.17) is 15.2 Å². The van der Waals surface area contributed by atoms with E-state index in [0.29, 0.717) is 38.0 Å². The second-order valence-corrected chi connectivity index (χ2v) is 13.3. The molecule has 3 heterocycles. The van der Waals surface area contributed by atoms with Gasteiger partial charge in [-0.05, 0) is 50.4 Å². The third-order valence-corrected chi connectivity index (χ3v) is 10.8. The Balaban J connectivity index is 1.24. The van der Waals surface area contributed by atoms with Gasteiger partial charge in [0.1, 0.15) is 6.17 Å². The van der Waals surface area contributed by atoms with Crippen molar-refractivity contribution in [3.63, 3.8) is 0 Å². The summed E-state index contributed by atoms with van der Waals surface area (Å²) in [6.45, 7) is 5.33. The normalized spacial score (nSPS) is 41.1. The lowest BCUT2D eigenvalue weighted by Crippen LogP contribution is -2.73. The van der Waals surface area contributed by atoms with Crippen LogP contribution in [0.5, 0.6) is 0 Å². The average Bonchev–Trinajstić information content (AvgIpc) is 3.38. The quantitative estimate of drug-likeness (QED) is 0.331. The smallest absolute Gasteiger partial charge is 0.256 e. The Kier molecular flexibility index (Phi) is 8.83. The number of halogens is 1. The van der Waals surface area contributed by atoms with Gasteiger partial charge in [0.05, 0.1) is 35.9 Å². The van der Waals surface area contributed by atoms with Gasteiger partial charge in [0, 0.05) is 51.0 Å². The molecule has 0 aromatic carbocycles. The fraction of sp³-hybridized carbons (Fsp3) is 0.871. The number of hydrogen-bond donors (Lipinski definition) is 2. The van der Waals surface area contributed by atoms with Crippen molar-refractivity contribution >= 4 is 11.7 Å². The molecule has 9 heteroatoms. The maximum Gasteiger partial charge on any atom is 0.256 e. The van der Waals surface area contributed by atoms with Gasteiger partial charge in [-0.25, -0.2) is 4.39 Å². The maximum absolute atomic E-state index is 16.1. The van der Waals surface area contributed by atoms with E-state index < -0.39 is 24.2 Å². The van der Waals surface area contributed by atoms with Crippen molar-refractivity contribution in [3.8, 4) is 0 Å². The zero-order valence-corrected chi connectivity index (χ0v) is 24.1. The van der Waals surface area contributed by atoms with E-state index in [1.165, 1.54) is 25.7 Å². The third-order valence-electron chi connectivity index (χ3n) is 10.8. The number of fused-ring (bicyclic) bond motifs is 3. The Labute approximate surface area is 238 Å². The molecule has 0 bridgehead atoms. The fourth-order valence-corrected chi connectivity index (χ4v) is 8.77. The molecule has 0 aromatic heterocycles. The topological polar surface area (TPSA) is 97.1 Å². The highest BCUT2D eigenvalue weighted by molar-refractivity contribution is 6.20. The van der Waals surface area contributed by atoms with Gasteiger partial charge in [0.2, 0.25) is 0 Å². The fourth-order valence-electron chi connectivity index (χ4n) is 8.77. The molecule has 3 N–H and O–H groups in total. The number of rotatable bonds is 9. The maximum atomic E-state index is 16.1. The van der Waals surface area contributed by atoms with Gasteiger partial charge >= 0.3 is 0 Å². The Morgan fingerprint density at radius 1 is 1.12 bits per heavy atom. The summed E-state index contributed by atoms with van der Waals surface area (Å²) < 4.78 is 28.6. The van der Waals surface area contributed by atoms with Crippen LogP contribution in [-0.2, 0) is 19.1 Å².